The molecule has 28 heavy (non-hydrogen) atoms. The minimum atomic E-state index is -4.90. The Labute approximate surface area is 166 Å². The van der Waals surface area contributed by atoms with Crippen LogP contribution in [-0.4, -0.2) is 27.6 Å². The second kappa shape index (κ2) is 7.75. The van der Waals surface area contributed by atoms with Crippen molar-refractivity contribution in [2.24, 2.45) is 0 Å². The average Bonchev–Trinajstić information content (AvgIpc) is 3.08. The predicted octanol–water partition coefficient (Wildman–Crippen LogP) is 5.06. The number of rotatable bonds is 4. The Hall–Kier alpha value is -2.68. The van der Waals surface area contributed by atoms with E-state index in [4.69, 9.17) is 0 Å². The zero-order chi connectivity index (χ0) is 20.5. The van der Waals surface area contributed by atoms with Crippen molar-refractivity contribution in [2.75, 3.05) is 7.05 Å². The van der Waals surface area contributed by atoms with Crippen LogP contribution in [0.5, 0.6) is 0 Å². The number of halogens is 5. The lowest BCUT2D eigenvalue weighted by molar-refractivity contribution is -0.143. The number of para-hydroxylation sites is 1. The molecule has 0 spiro atoms. The molecule has 0 aliphatic carbocycles. The van der Waals surface area contributed by atoms with E-state index < -0.39 is 29.2 Å². The Bertz CT molecular complexity index is 999. The highest BCUT2D eigenvalue weighted by atomic mass is 79.9. The highest BCUT2D eigenvalue weighted by molar-refractivity contribution is 9.10. The summed E-state index contributed by atoms with van der Waals surface area (Å²) >= 11 is 3.29. The van der Waals surface area contributed by atoms with Crippen LogP contribution in [0.2, 0.25) is 0 Å². The molecule has 9 heteroatoms. The van der Waals surface area contributed by atoms with E-state index in [1.807, 2.05) is 0 Å². The van der Waals surface area contributed by atoms with Gasteiger partial charge in [0.25, 0.3) is 5.91 Å². The molecular weight excluding hydrogens is 442 g/mol. The average molecular weight is 456 g/mol. The first-order valence-corrected chi connectivity index (χ1v) is 8.88. The van der Waals surface area contributed by atoms with Crippen LogP contribution < -0.4 is 0 Å². The SMILES string of the molecule is CN(Cc1ccc(Br)cc1)C(=O)c1cnn(-c2ccccc2F)c1C(F)(F)F. The highest BCUT2D eigenvalue weighted by Crippen LogP contribution is 2.34. The Morgan fingerprint density at radius 3 is 2.39 bits per heavy atom. The van der Waals surface area contributed by atoms with E-state index in [1.54, 1.807) is 24.3 Å². The van der Waals surface area contributed by atoms with Crippen molar-refractivity contribution in [2.45, 2.75) is 12.7 Å². The summed E-state index contributed by atoms with van der Waals surface area (Å²) in [7, 11) is 1.39. The molecule has 0 bridgehead atoms. The van der Waals surface area contributed by atoms with Crippen LogP contribution in [0.3, 0.4) is 0 Å². The summed E-state index contributed by atoms with van der Waals surface area (Å²) in [5, 5.41) is 3.64. The molecule has 0 aliphatic heterocycles. The molecule has 1 amide bonds. The van der Waals surface area contributed by atoms with Gasteiger partial charge in [-0.05, 0) is 29.8 Å². The van der Waals surface area contributed by atoms with Gasteiger partial charge in [0.05, 0.1) is 11.8 Å². The minimum absolute atomic E-state index is 0.105. The zero-order valence-electron chi connectivity index (χ0n) is 14.5. The zero-order valence-corrected chi connectivity index (χ0v) is 16.1. The Morgan fingerprint density at radius 2 is 1.79 bits per heavy atom. The molecule has 1 heterocycles. The third-order valence-electron chi connectivity index (χ3n) is 4.03. The van der Waals surface area contributed by atoms with Gasteiger partial charge in [0.15, 0.2) is 5.69 Å². The van der Waals surface area contributed by atoms with Crippen molar-refractivity contribution in [3.63, 3.8) is 0 Å². The van der Waals surface area contributed by atoms with Gasteiger partial charge in [0, 0.05) is 18.1 Å². The third kappa shape index (κ3) is 4.09. The molecule has 0 unspecified atom stereocenters. The first-order valence-electron chi connectivity index (χ1n) is 8.08. The first kappa shape index (κ1) is 20.1. The van der Waals surface area contributed by atoms with Crippen molar-refractivity contribution in [1.29, 1.82) is 0 Å². The molecule has 0 radical (unpaired) electrons. The van der Waals surface area contributed by atoms with Crippen LogP contribution in [0.1, 0.15) is 21.6 Å². The van der Waals surface area contributed by atoms with E-state index in [1.165, 1.54) is 19.2 Å². The van der Waals surface area contributed by atoms with Crippen LogP contribution in [-0.2, 0) is 12.7 Å². The maximum absolute atomic E-state index is 14.0. The van der Waals surface area contributed by atoms with Crippen molar-refractivity contribution in [3.05, 3.63) is 81.8 Å². The maximum Gasteiger partial charge on any atom is 0.434 e. The van der Waals surface area contributed by atoms with E-state index >= 15 is 0 Å². The lowest BCUT2D eigenvalue weighted by Gasteiger charge is -2.19. The minimum Gasteiger partial charge on any atom is -0.337 e. The van der Waals surface area contributed by atoms with E-state index in [-0.39, 0.29) is 12.2 Å². The third-order valence-corrected chi connectivity index (χ3v) is 4.56. The molecule has 0 saturated carbocycles. The monoisotopic (exact) mass is 455 g/mol. The number of aromatic nitrogens is 2. The molecule has 2 aromatic carbocycles. The van der Waals surface area contributed by atoms with Gasteiger partial charge in [-0.25, -0.2) is 9.07 Å². The molecule has 146 valence electrons. The Morgan fingerprint density at radius 1 is 1.14 bits per heavy atom. The molecule has 0 saturated heterocycles. The Balaban J connectivity index is 1.98. The largest absolute Gasteiger partial charge is 0.434 e. The first-order chi connectivity index (χ1) is 13.2. The van der Waals surface area contributed by atoms with Gasteiger partial charge in [0.2, 0.25) is 0 Å². The van der Waals surface area contributed by atoms with Crippen molar-refractivity contribution in [1.82, 2.24) is 14.7 Å². The summed E-state index contributed by atoms with van der Waals surface area (Å²) in [4.78, 5) is 13.8. The number of benzene rings is 2. The van der Waals surface area contributed by atoms with Gasteiger partial charge in [-0.2, -0.15) is 18.3 Å². The lowest BCUT2D eigenvalue weighted by Crippen LogP contribution is -2.28. The van der Waals surface area contributed by atoms with E-state index in [9.17, 15) is 22.4 Å². The fourth-order valence-electron chi connectivity index (χ4n) is 2.72. The van der Waals surface area contributed by atoms with E-state index in [2.05, 4.69) is 21.0 Å². The molecule has 4 nitrogen and oxygen atoms in total. The molecule has 0 fully saturated rings. The predicted molar refractivity (Wildman–Crippen MR) is 98.5 cm³/mol. The normalized spacial score (nSPS) is 11.5. The molecule has 0 atom stereocenters. The fraction of sp³-hybridized carbons (Fsp3) is 0.158. The molecule has 0 N–H and O–H groups in total. The molecule has 1 aromatic heterocycles. The molecule has 0 aliphatic rings. The topological polar surface area (TPSA) is 38.1 Å². The number of carbonyl (C=O) groups is 1. The number of hydrogen-bond donors (Lipinski definition) is 0. The fourth-order valence-corrected chi connectivity index (χ4v) is 2.99. The van der Waals surface area contributed by atoms with Crippen molar-refractivity contribution >= 4 is 21.8 Å². The summed E-state index contributed by atoms with van der Waals surface area (Å²) in [5.41, 5.74) is -1.60. The quantitative estimate of drug-likeness (QED) is 0.515. The van der Waals surface area contributed by atoms with Crippen LogP contribution >= 0.6 is 15.9 Å². The van der Waals surface area contributed by atoms with Crippen LogP contribution in [0.4, 0.5) is 17.6 Å². The standard InChI is InChI=1S/C19H14BrF4N3O/c1-26(11-12-6-8-13(20)9-7-12)18(28)14-10-25-27(17(14)19(22,23)24)16-5-3-2-4-15(16)21/h2-10H,11H2,1H3. The second-order valence-electron chi connectivity index (χ2n) is 6.06. The molecule has 3 rings (SSSR count). The van der Waals surface area contributed by atoms with Gasteiger partial charge in [0.1, 0.15) is 11.5 Å². The number of nitrogens with zero attached hydrogens (tertiary/aromatic N) is 3. The van der Waals surface area contributed by atoms with E-state index in [0.717, 1.165) is 33.3 Å². The summed E-state index contributed by atoms with van der Waals surface area (Å²) in [6, 6.07) is 12.0. The van der Waals surface area contributed by atoms with Crippen LogP contribution in [0.15, 0.2) is 59.2 Å². The van der Waals surface area contributed by atoms with Gasteiger partial charge in [-0.15, -0.1) is 0 Å². The number of carbonyl (C=O) groups excluding carboxylic acids is 1. The molecular formula is C19H14BrF4N3O. The van der Waals surface area contributed by atoms with Gasteiger partial charge in [-0.1, -0.05) is 40.2 Å². The lowest BCUT2D eigenvalue weighted by atomic mass is 10.1. The van der Waals surface area contributed by atoms with Gasteiger partial charge >= 0.3 is 6.18 Å². The number of alkyl halides is 3. The maximum atomic E-state index is 14.0. The summed E-state index contributed by atoms with van der Waals surface area (Å²) in [6.45, 7) is 0.105. The van der Waals surface area contributed by atoms with Gasteiger partial charge < -0.3 is 4.90 Å². The number of hydrogen-bond acceptors (Lipinski definition) is 2. The number of amides is 1. The van der Waals surface area contributed by atoms with Crippen molar-refractivity contribution < 1.29 is 22.4 Å². The molecule has 3 aromatic rings. The second-order valence-corrected chi connectivity index (χ2v) is 6.97. The smallest absolute Gasteiger partial charge is 0.337 e. The van der Waals surface area contributed by atoms with Crippen molar-refractivity contribution in [3.8, 4) is 5.69 Å². The van der Waals surface area contributed by atoms with E-state index in [0.29, 0.717) is 4.68 Å². The highest BCUT2D eigenvalue weighted by Gasteiger charge is 2.41. The summed E-state index contributed by atoms with van der Waals surface area (Å²) in [6.07, 6.45) is -4.09. The summed E-state index contributed by atoms with van der Waals surface area (Å²) in [5.74, 6) is -1.74. The van der Waals surface area contributed by atoms with Gasteiger partial charge in [-0.3, -0.25) is 4.79 Å². The Kier molecular flexibility index (Phi) is 5.55. The van der Waals surface area contributed by atoms with Crippen LogP contribution in [0, 0.1) is 5.82 Å². The summed E-state index contributed by atoms with van der Waals surface area (Å²) < 4.78 is 56.3. The van der Waals surface area contributed by atoms with Crippen LogP contribution in [0.25, 0.3) is 5.69 Å².